The van der Waals surface area contributed by atoms with Gasteiger partial charge < -0.3 is 9.64 Å². The number of aryl methyl sites for hydroxylation is 2. The number of benzene rings is 2. The van der Waals surface area contributed by atoms with Crippen molar-refractivity contribution >= 4 is 41.0 Å². The SMILES string of the molecule is Cc1ccc(N2C[C@@H](C(=O)OCC(=O)NNC(=O)c3ccc(Cl)cc3)CC2=O)c(C)c1. The highest BCUT2D eigenvalue weighted by molar-refractivity contribution is 6.30. The Kier molecular flexibility index (Phi) is 6.91. The minimum Gasteiger partial charge on any atom is -0.455 e. The molecule has 0 aromatic heterocycles. The van der Waals surface area contributed by atoms with E-state index in [4.69, 9.17) is 16.3 Å². The summed E-state index contributed by atoms with van der Waals surface area (Å²) in [6, 6.07) is 11.8. The number of esters is 1. The van der Waals surface area contributed by atoms with Crippen molar-refractivity contribution in [1.82, 2.24) is 10.9 Å². The standard InChI is InChI=1S/C22H22ClN3O5/c1-13-3-8-18(14(2)9-13)26-11-16(10-20(26)28)22(30)31-12-19(27)24-25-21(29)15-4-6-17(23)7-5-15/h3-9,16H,10-12H2,1-2H3,(H,24,27)(H,25,29)/t16-/m0/s1. The molecule has 0 radical (unpaired) electrons. The number of anilines is 1. The van der Waals surface area contributed by atoms with Crippen LogP contribution in [0.25, 0.3) is 0 Å². The van der Waals surface area contributed by atoms with E-state index in [0.29, 0.717) is 10.6 Å². The van der Waals surface area contributed by atoms with Crippen molar-refractivity contribution in [1.29, 1.82) is 0 Å². The second-order valence-corrected chi connectivity index (χ2v) is 7.75. The minimum absolute atomic E-state index is 0.0150. The molecule has 0 unspecified atom stereocenters. The van der Waals surface area contributed by atoms with Crippen LogP contribution < -0.4 is 15.8 Å². The van der Waals surface area contributed by atoms with Crippen LogP contribution in [0.4, 0.5) is 5.69 Å². The topological polar surface area (TPSA) is 105 Å². The Bertz CT molecular complexity index is 1020. The molecular weight excluding hydrogens is 422 g/mol. The van der Waals surface area contributed by atoms with Crippen LogP contribution in [0.1, 0.15) is 27.9 Å². The van der Waals surface area contributed by atoms with Crippen molar-refractivity contribution < 1.29 is 23.9 Å². The predicted octanol–water partition coefficient (Wildman–Crippen LogP) is 2.31. The van der Waals surface area contributed by atoms with Crippen LogP contribution in [0.2, 0.25) is 5.02 Å². The predicted molar refractivity (Wildman–Crippen MR) is 114 cm³/mol. The summed E-state index contributed by atoms with van der Waals surface area (Å²) in [6.45, 7) is 3.49. The Morgan fingerprint density at radius 1 is 1.10 bits per heavy atom. The number of amides is 3. The second kappa shape index (κ2) is 9.61. The Balaban J connectivity index is 1.47. The third-order valence-corrected chi connectivity index (χ3v) is 5.12. The molecule has 2 aromatic rings. The number of nitrogens with zero attached hydrogens (tertiary/aromatic N) is 1. The van der Waals surface area contributed by atoms with Gasteiger partial charge in [-0.3, -0.25) is 30.0 Å². The second-order valence-electron chi connectivity index (χ2n) is 7.31. The first-order chi connectivity index (χ1) is 14.7. The van der Waals surface area contributed by atoms with Crippen molar-refractivity contribution in [3.8, 4) is 0 Å². The molecular formula is C22H22ClN3O5. The number of ether oxygens (including phenoxy) is 1. The molecule has 1 heterocycles. The van der Waals surface area contributed by atoms with E-state index in [-0.39, 0.29) is 18.9 Å². The summed E-state index contributed by atoms with van der Waals surface area (Å²) in [5, 5.41) is 0.481. The van der Waals surface area contributed by atoms with E-state index in [1.54, 1.807) is 17.0 Å². The van der Waals surface area contributed by atoms with Crippen molar-refractivity contribution in [2.24, 2.45) is 5.92 Å². The molecule has 0 saturated carbocycles. The van der Waals surface area contributed by atoms with Crippen LogP contribution in [0, 0.1) is 19.8 Å². The Labute approximate surface area is 184 Å². The molecule has 0 bridgehead atoms. The number of rotatable bonds is 5. The number of hydrogen-bond acceptors (Lipinski definition) is 5. The minimum atomic E-state index is -0.703. The van der Waals surface area contributed by atoms with Gasteiger partial charge in [-0.25, -0.2) is 0 Å². The van der Waals surface area contributed by atoms with Gasteiger partial charge in [0.05, 0.1) is 5.92 Å². The normalized spacial score (nSPS) is 15.5. The molecule has 2 N–H and O–H groups in total. The summed E-state index contributed by atoms with van der Waals surface area (Å²) in [6.07, 6.45) is 0.0150. The van der Waals surface area contributed by atoms with Crippen molar-refractivity contribution in [2.45, 2.75) is 20.3 Å². The molecule has 3 amide bonds. The van der Waals surface area contributed by atoms with Crippen molar-refractivity contribution in [3.05, 3.63) is 64.2 Å². The van der Waals surface area contributed by atoms with Gasteiger partial charge >= 0.3 is 5.97 Å². The van der Waals surface area contributed by atoms with Crippen LogP contribution in [0.15, 0.2) is 42.5 Å². The van der Waals surface area contributed by atoms with Gasteiger partial charge in [-0.15, -0.1) is 0 Å². The lowest BCUT2D eigenvalue weighted by Gasteiger charge is -2.19. The van der Waals surface area contributed by atoms with Gasteiger partial charge in [0.15, 0.2) is 6.61 Å². The van der Waals surface area contributed by atoms with Gasteiger partial charge in [0, 0.05) is 29.2 Å². The summed E-state index contributed by atoms with van der Waals surface area (Å²) in [4.78, 5) is 50.1. The highest BCUT2D eigenvalue weighted by Gasteiger charge is 2.36. The maximum atomic E-state index is 12.4. The summed E-state index contributed by atoms with van der Waals surface area (Å²) < 4.78 is 5.02. The van der Waals surface area contributed by atoms with E-state index in [0.717, 1.165) is 16.8 Å². The molecule has 1 atom stereocenters. The molecule has 8 nitrogen and oxygen atoms in total. The van der Waals surface area contributed by atoms with Gasteiger partial charge in [-0.05, 0) is 49.7 Å². The molecule has 1 aliphatic rings. The van der Waals surface area contributed by atoms with E-state index in [2.05, 4.69) is 10.9 Å². The van der Waals surface area contributed by atoms with Crippen molar-refractivity contribution in [3.63, 3.8) is 0 Å². The fraction of sp³-hybridized carbons (Fsp3) is 0.273. The first-order valence-corrected chi connectivity index (χ1v) is 10.0. The van der Waals surface area contributed by atoms with Gasteiger partial charge in [0.1, 0.15) is 0 Å². The molecule has 0 spiro atoms. The summed E-state index contributed by atoms with van der Waals surface area (Å²) in [5.74, 6) is -2.72. The average molecular weight is 444 g/mol. The molecule has 1 aliphatic heterocycles. The number of nitrogens with one attached hydrogen (secondary N) is 2. The molecule has 2 aromatic carbocycles. The van der Waals surface area contributed by atoms with E-state index < -0.39 is 30.3 Å². The molecule has 31 heavy (non-hydrogen) atoms. The number of halogens is 1. The number of carbonyl (C=O) groups excluding carboxylic acids is 4. The maximum Gasteiger partial charge on any atom is 0.311 e. The fourth-order valence-corrected chi connectivity index (χ4v) is 3.42. The lowest BCUT2D eigenvalue weighted by Crippen LogP contribution is -2.43. The zero-order chi connectivity index (χ0) is 22.5. The third-order valence-electron chi connectivity index (χ3n) is 4.87. The van der Waals surface area contributed by atoms with E-state index >= 15 is 0 Å². The molecule has 0 aliphatic carbocycles. The fourth-order valence-electron chi connectivity index (χ4n) is 3.30. The summed E-state index contributed by atoms with van der Waals surface area (Å²) in [7, 11) is 0. The quantitative estimate of drug-likeness (QED) is 0.545. The van der Waals surface area contributed by atoms with E-state index in [1.807, 2.05) is 32.0 Å². The largest absolute Gasteiger partial charge is 0.455 e. The monoisotopic (exact) mass is 443 g/mol. The van der Waals surface area contributed by atoms with Crippen LogP contribution in [0.3, 0.4) is 0 Å². The molecule has 9 heteroatoms. The number of hydrazine groups is 1. The van der Waals surface area contributed by atoms with Crippen LogP contribution in [0.5, 0.6) is 0 Å². The van der Waals surface area contributed by atoms with E-state index in [9.17, 15) is 19.2 Å². The van der Waals surface area contributed by atoms with Gasteiger partial charge in [-0.1, -0.05) is 29.3 Å². The molecule has 1 saturated heterocycles. The lowest BCUT2D eigenvalue weighted by atomic mass is 10.1. The maximum absolute atomic E-state index is 12.4. The average Bonchev–Trinajstić information content (AvgIpc) is 3.12. The highest BCUT2D eigenvalue weighted by Crippen LogP contribution is 2.29. The van der Waals surface area contributed by atoms with Crippen LogP contribution in [-0.4, -0.2) is 36.8 Å². The molecule has 1 fully saturated rings. The Morgan fingerprint density at radius 2 is 1.81 bits per heavy atom. The van der Waals surface area contributed by atoms with Crippen LogP contribution in [-0.2, 0) is 19.1 Å². The Hall–Kier alpha value is -3.39. The van der Waals surface area contributed by atoms with Crippen LogP contribution >= 0.6 is 11.6 Å². The van der Waals surface area contributed by atoms with Crippen molar-refractivity contribution in [2.75, 3.05) is 18.1 Å². The summed E-state index contributed by atoms with van der Waals surface area (Å²) in [5.41, 5.74) is 7.48. The van der Waals surface area contributed by atoms with Gasteiger partial charge in [0.25, 0.3) is 11.8 Å². The zero-order valence-corrected chi connectivity index (χ0v) is 17.9. The number of hydrogen-bond donors (Lipinski definition) is 2. The van der Waals surface area contributed by atoms with Gasteiger partial charge in [-0.2, -0.15) is 0 Å². The van der Waals surface area contributed by atoms with Gasteiger partial charge in [0.2, 0.25) is 5.91 Å². The molecule has 162 valence electrons. The zero-order valence-electron chi connectivity index (χ0n) is 17.1. The smallest absolute Gasteiger partial charge is 0.311 e. The first kappa shape index (κ1) is 22.3. The molecule has 3 rings (SSSR count). The lowest BCUT2D eigenvalue weighted by molar-refractivity contribution is -0.152. The first-order valence-electron chi connectivity index (χ1n) is 9.63. The van der Waals surface area contributed by atoms with E-state index in [1.165, 1.54) is 12.1 Å². The highest BCUT2D eigenvalue weighted by atomic mass is 35.5. The Morgan fingerprint density at radius 3 is 2.48 bits per heavy atom. The third kappa shape index (κ3) is 5.61. The summed E-state index contributed by atoms with van der Waals surface area (Å²) >= 11 is 5.76. The number of carbonyl (C=O) groups is 4.